The van der Waals surface area contributed by atoms with Crippen LogP contribution >= 0.6 is 0 Å². The van der Waals surface area contributed by atoms with Gasteiger partial charge in [-0.25, -0.2) is 9.59 Å². The van der Waals surface area contributed by atoms with Crippen molar-refractivity contribution < 1.29 is 19.1 Å². The number of unbranched alkanes of at least 4 members (excludes halogenated alkanes) is 1. The number of benzene rings is 1. The Morgan fingerprint density at radius 2 is 2.05 bits per heavy atom. The van der Waals surface area contributed by atoms with E-state index in [-0.39, 0.29) is 6.61 Å². The zero-order valence-corrected chi connectivity index (χ0v) is 12.1. The second-order valence-corrected chi connectivity index (χ2v) is 4.48. The average Bonchev–Trinajstić information content (AvgIpc) is 2.52. The van der Waals surface area contributed by atoms with E-state index in [1.54, 1.807) is 31.4 Å². The molecule has 0 heterocycles. The van der Waals surface area contributed by atoms with E-state index in [1.165, 1.54) is 6.08 Å². The van der Waals surface area contributed by atoms with Crippen LogP contribution in [0.5, 0.6) is 5.75 Å². The first-order chi connectivity index (χ1) is 10.2. The molecule has 0 aromatic heterocycles. The van der Waals surface area contributed by atoms with Gasteiger partial charge in [0.2, 0.25) is 6.08 Å². The molecule has 1 atom stereocenters. The number of methoxy groups -OCH3 is 1. The summed E-state index contributed by atoms with van der Waals surface area (Å²) in [5.41, 5.74) is 6.22. The molecule has 1 rings (SSSR count). The normalized spacial score (nSPS) is 11.3. The third-order valence-corrected chi connectivity index (χ3v) is 2.95. The summed E-state index contributed by atoms with van der Waals surface area (Å²) in [6, 6.07) is 6.38. The first-order valence-electron chi connectivity index (χ1n) is 6.78. The fourth-order valence-electron chi connectivity index (χ4n) is 1.75. The van der Waals surface area contributed by atoms with E-state index in [2.05, 4.69) is 4.99 Å². The summed E-state index contributed by atoms with van der Waals surface area (Å²) in [7, 11) is 1.58. The second kappa shape index (κ2) is 9.69. The lowest BCUT2D eigenvalue weighted by molar-refractivity contribution is -0.146. The molecule has 0 unspecified atom stereocenters. The molecule has 21 heavy (non-hydrogen) atoms. The van der Waals surface area contributed by atoms with Crippen molar-refractivity contribution in [3.8, 4) is 5.75 Å². The highest BCUT2D eigenvalue weighted by Crippen LogP contribution is 2.13. The number of carbonyl (C=O) groups is 1. The maximum Gasteiger partial charge on any atom is 0.332 e. The molecule has 0 aliphatic carbocycles. The van der Waals surface area contributed by atoms with Gasteiger partial charge in [0.25, 0.3) is 0 Å². The highest BCUT2D eigenvalue weighted by atomic mass is 16.5. The molecule has 0 fully saturated rings. The Balaban J connectivity index is 2.49. The van der Waals surface area contributed by atoms with E-state index in [9.17, 15) is 9.59 Å². The maximum absolute atomic E-state index is 11.9. The van der Waals surface area contributed by atoms with Crippen molar-refractivity contribution in [3.05, 3.63) is 29.8 Å². The van der Waals surface area contributed by atoms with Gasteiger partial charge in [-0.2, -0.15) is 4.99 Å². The van der Waals surface area contributed by atoms with Crippen molar-refractivity contribution in [2.75, 3.05) is 13.7 Å². The van der Waals surface area contributed by atoms with Crippen LogP contribution in [-0.4, -0.2) is 31.7 Å². The molecule has 0 bridgehead atoms. The van der Waals surface area contributed by atoms with Gasteiger partial charge in [0.15, 0.2) is 6.04 Å². The van der Waals surface area contributed by atoms with Gasteiger partial charge >= 0.3 is 5.97 Å². The lowest BCUT2D eigenvalue weighted by atomic mass is 10.1. The highest BCUT2D eigenvalue weighted by molar-refractivity contribution is 5.76. The first kappa shape index (κ1) is 16.9. The Morgan fingerprint density at radius 1 is 1.33 bits per heavy atom. The lowest BCUT2D eigenvalue weighted by Crippen LogP contribution is -2.21. The summed E-state index contributed by atoms with van der Waals surface area (Å²) < 4.78 is 10.2. The van der Waals surface area contributed by atoms with E-state index in [0.29, 0.717) is 19.4 Å². The molecule has 0 saturated carbocycles. The minimum atomic E-state index is -0.799. The zero-order chi connectivity index (χ0) is 15.5. The Hall–Kier alpha value is -2.17. The molecule has 0 aliphatic heterocycles. The Morgan fingerprint density at radius 3 is 2.62 bits per heavy atom. The Kier molecular flexibility index (Phi) is 7.79. The number of esters is 1. The van der Waals surface area contributed by atoms with Crippen molar-refractivity contribution in [2.24, 2.45) is 10.7 Å². The van der Waals surface area contributed by atoms with Gasteiger partial charge in [-0.1, -0.05) is 12.1 Å². The molecule has 1 aromatic carbocycles. The van der Waals surface area contributed by atoms with Crippen LogP contribution in [0.15, 0.2) is 29.3 Å². The monoisotopic (exact) mass is 292 g/mol. The molecule has 0 aliphatic rings. The van der Waals surface area contributed by atoms with E-state index in [0.717, 1.165) is 17.7 Å². The molecular formula is C15H20N2O4. The van der Waals surface area contributed by atoms with Crippen LogP contribution in [0, 0.1) is 0 Å². The summed E-state index contributed by atoms with van der Waals surface area (Å²) in [4.78, 5) is 25.7. The SMILES string of the molecule is COc1ccc(COC(=O)[C@H](CCCCN)N=C=O)cc1. The number of hydrogen-bond donors (Lipinski definition) is 1. The Labute approximate surface area is 124 Å². The lowest BCUT2D eigenvalue weighted by Gasteiger charge is -2.11. The molecular weight excluding hydrogens is 272 g/mol. The number of aliphatic imine (C=N–C) groups is 1. The van der Waals surface area contributed by atoms with E-state index < -0.39 is 12.0 Å². The van der Waals surface area contributed by atoms with Gasteiger partial charge in [-0.05, 0) is 43.5 Å². The van der Waals surface area contributed by atoms with Crippen LogP contribution < -0.4 is 10.5 Å². The van der Waals surface area contributed by atoms with Crippen molar-refractivity contribution in [2.45, 2.75) is 31.9 Å². The van der Waals surface area contributed by atoms with Crippen LogP contribution in [0.2, 0.25) is 0 Å². The first-order valence-corrected chi connectivity index (χ1v) is 6.78. The smallest absolute Gasteiger partial charge is 0.332 e. The molecule has 0 saturated heterocycles. The molecule has 0 spiro atoms. The number of rotatable bonds is 9. The fraction of sp³-hybridized carbons (Fsp3) is 0.467. The van der Waals surface area contributed by atoms with E-state index in [4.69, 9.17) is 15.2 Å². The minimum absolute atomic E-state index is 0.130. The van der Waals surface area contributed by atoms with Gasteiger partial charge in [0.1, 0.15) is 12.4 Å². The minimum Gasteiger partial charge on any atom is -0.497 e. The van der Waals surface area contributed by atoms with Gasteiger partial charge in [0.05, 0.1) is 7.11 Å². The van der Waals surface area contributed by atoms with Crippen molar-refractivity contribution >= 4 is 12.0 Å². The van der Waals surface area contributed by atoms with Crippen LogP contribution in [-0.2, 0) is 20.9 Å². The van der Waals surface area contributed by atoms with Crippen molar-refractivity contribution in [1.29, 1.82) is 0 Å². The molecule has 0 radical (unpaired) electrons. The van der Waals surface area contributed by atoms with Gasteiger partial charge in [0, 0.05) is 0 Å². The standard InChI is InChI=1S/C15H20N2O4/c1-20-13-7-5-12(6-8-13)10-21-15(19)14(17-11-18)4-2-3-9-16/h5-8,14H,2-4,9-10,16H2,1H3/t14-/m0/s1. The van der Waals surface area contributed by atoms with E-state index >= 15 is 0 Å². The van der Waals surface area contributed by atoms with Gasteiger partial charge in [-0.3, -0.25) is 0 Å². The Bertz CT molecular complexity index is 481. The molecule has 6 heteroatoms. The molecule has 1 aromatic rings. The topological polar surface area (TPSA) is 91.0 Å². The summed E-state index contributed by atoms with van der Waals surface area (Å²) in [6.07, 6.45) is 3.34. The third kappa shape index (κ3) is 6.21. The third-order valence-electron chi connectivity index (χ3n) is 2.95. The van der Waals surface area contributed by atoms with Crippen LogP contribution in [0.1, 0.15) is 24.8 Å². The molecule has 2 N–H and O–H groups in total. The zero-order valence-electron chi connectivity index (χ0n) is 12.1. The number of isocyanates is 1. The summed E-state index contributed by atoms with van der Waals surface area (Å²) in [5, 5.41) is 0. The molecule has 114 valence electrons. The van der Waals surface area contributed by atoms with Crippen LogP contribution in [0.4, 0.5) is 0 Å². The quantitative estimate of drug-likeness (QED) is 0.323. The second-order valence-electron chi connectivity index (χ2n) is 4.48. The van der Waals surface area contributed by atoms with Gasteiger partial charge < -0.3 is 15.2 Å². The predicted molar refractivity (Wildman–Crippen MR) is 77.6 cm³/mol. The van der Waals surface area contributed by atoms with Crippen molar-refractivity contribution in [3.63, 3.8) is 0 Å². The number of hydrogen-bond acceptors (Lipinski definition) is 6. The number of ether oxygens (including phenoxy) is 2. The molecule has 6 nitrogen and oxygen atoms in total. The largest absolute Gasteiger partial charge is 0.497 e. The maximum atomic E-state index is 11.9. The summed E-state index contributed by atoms with van der Waals surface area (Å²) >= 11 is 0. The number of nitrogens with two attached hydrogens (primary N) is 1. The van der Waals surface area contributed by atoms with Crippen LogP contribution in [0.3, 0.4) is 0 Å². The van der Waals surface area contributed by atoms with Crippen molar-refractivity contribution in [1.82, 2.24) is 0 Å². The summed E-state index contributed by atoms with van der Waals surface area (Å²) in [6.45, 7) is 0.670. The predicted octanol–water partition coefficient (Wildman–Crippen LogP) is 1.57. The average molecular weight is 292 g/mol. The molecule has 0 amide bonds. The van der Waals surface area contributed by atoms with E-state index in [1.807, 2.05) is 0 Å². The van der Waals surface area contributed by atoms with Gasteiger partial charge in [-0.15, -0.1) is 0 Å². The highest BCUT2D eigenvalue weighted by Gasteiger charge is 2.18. The summed E-state index contributed by atoms with van der Waals surface area (Å²) in [5.74, 6) is 0.210. The number of carbonyl (C=O) groups excluding carboxylic acids is 2. The fourth-order valence-corrected chi connectivity index (χ4v) is 1.75. The van der Waals surface area contributed by atoms with Crippen LogP contribution in [0.25, 0.3) is 0 Å². The number of nitrogens with zero attached hydrogens (tertiary/aromatic N) is 1.